The maximum atomic E-state index is 4.79. The summed E-state index contributed by atoms with van der Waals surface area (Å²) in [5, 5.41) is 0. The van der Waals surface area contributed by atoms with Gasteiger partial charge >= 0.3 is 0 Å². The Morgan fingerprint density at radius 1 is 1.64 bits per heavy atom. The highest BCUT2D eigenvalue weighted by Gasteiger charge is 2.01. The van der Waals surface area contributed by atoms with Crippen LogP contribution in [0.3, 0.4) is 0 Å². The van der Waals surface area contributed by atoms with Gasteiger partial charge in [-0.05, 0) is 35.6 Å². The third kappa shape index (κ3) is 2.70. The first-order valence-electron chi connectivity index (χ1n) is 3.14. The molecule has 0 saturated heterocycles. The third-order valence-corrected chi connectivity index (χ3v) is 3.74. The molecule has 0 aliphatic carbocycles. The van der Waals surface area contributed by atoms with Crippen molar-refractivity contribution in [3.63, 3.8) is 0 Å². The van der Waals surface area contributed by atoms with Crippen LogP contribution in [0.15, 0.2) is 6.07 Å². The summed E-state index contributed by atoms with van der Waals surface area (Å²) < 4.78 is 1.29. The molecule has 1 heterocycles. The largest absolute Gasteiger partial charge is 0.240 e. The Hall–Kier alpha value is 0.350. The van der Waals surface area contributed by atoms with E-state index in [1.807, 2.05) is 0 Å². The summed E-state index contributed by atoms with van der Waals surface area (Å²) in [6.45, 7) is 2.65. The molecule has 0 aliphatic heterocycles. The van der Waals surface area contributed by atoms with Crippen molar-refractivity contribution in [1.29, 1.82) is 0 Å². The van der Waals surface area contributed by atoms with Crippen molar-refractivity contribution < 1.29 is 9.78 Å². The van der Waals surface area contributed by atoms with Gasteiger partial charge in [0, 0.05) is 13.3 Å². The average Bonchev–Trinajstić information content (AvgIpc) is 2.28. The van der Waals surface area contributed by atoms with Gasteiger partial charge in [-0.15, -0.1) is 11.3 Å². The van der Waals surface area contributed by atoms with E-state index in [0.717, 1.165) is 0 Å². The molecule has 1 rings (SSSR count). The SMILES string of the molecule is COOCc1cc(I)c(C)s1. The fraction of sp³-hybridized carbons (Fsp3) is 0.429. The summed E-state index contributed by atoms with van der Waals surface area (Å²) in [4.78, 5) is 11.8. The van der Waals surface area contributed by atoms with E-state index >= 15 is 0 Å². The van der Waals surface area contributed by atoms with Crippen LogP contribution in [0.5, 0.6) is 0 Å². The molecule has 11 heavy (non-hydrogen) atoms. The van der Waals surface area contributed by atoms with Crippen LogP contribution < -0.4 is 0 Å². The highest BCUT2D eigenvalue weighted by atomic mass is 127. The number of hydrogen-bond acceptors (Lipinski definition) is 3. The second kappa shape index (κ2) is 4.39. The van der Waals surface area contributed by atoms with E-state index in [1.165, 1.54) is 20.4 Å². The standard InChI is InChI=1S/C7H9IO2S/c1-5-7(8)3-6(11-5)4-10-9-2/h3H,4H2,1-2H3. The summed E-state index contributed by atoms with van der Waals surface area (Å²) in [5.41, 5.74) is 0. The van der Waals surface area contributed by atoms with Crippen molar-refractivity contribution in [1.82, 2.24) is 0 Å². The molecule has 0 amide bonds. The minimum absolute atomic E-state index is 0.547. The zero-order chi connectivity index (χ0) is 8.27. The van der Waals surface area contributed by atoms with Crippen molar-refractivity contribution in [2.75, 3.05) is 7.11 Å². The Bertz CT molecular complexity index is 215. The number of thiophene rings is 1. The van der Waals surface area contributed by atoms with E-state index in [2.05, 4.69) is 40.5 Å². The second-order valence-corrected chi connectivity index (χ2v) is 4.55. The fourth-order valence-electron chi connectivity index (χ4n) is 0.706. The number of halogens is 1. The molecule has 0 fully saturated rings. The van der Waals surface area contributed by atoms with Crippen LogP contribution in [0.1, 0.15) is 9.75 Å². The highest BCUT2D eigenvalue weighted by Crippen LogP contribution is 2.23. The topological polar surface area (TPSA) is 18.5 Å². The molecule has 2 nitrogen and oxygen atoms in total. The lowest BCUT2D eigenvalue weighted by Gasteiger charge is -1.93. The predicted octanol–water partition coefficient (Wildman–Crippen LogP) is 2.74. The van der Waals surface area contributed by atoms with E-state index in [4.69, 9.17) is 4.89 Å². The molecule has 0 radical (unpaired) electrons. The number of hydrogen-bond donors (Lipinski definition) is 0. The van der Waals surface area contributed by atoms with Crippen LogP contribution in [-0.4, -0.2) is 7.11 Å². The van der Waals surface area contributed by atoms with Gasteiger partial charge in [0.15, 0.2) is 0 Å². The quantitative estimate of drug-likeness (QED) is 0.483. The first-order chi connectivity index (χ1) is 5.24. The van der Waals surface area contributed by atoms with Gasteiger partial charge in [0.25, 0.3) is 0 Å². The van der Waals surface area contributed by atoms with Crippen molar-refractivity contribution in [2.45, 2.75) is 13.5 Å². The molecule has 62 valence electrons. The van der Waals surface area contributed by atoms with E-state index < -0.39 is 0 Å². The zero-order valence-corrected chi connectivity index (χ0v) is 9.36. The summed E-state index contributed by atoms with van der Waals surface area (Å²) in [5.74, 6) is 0. The highest BCUT2D eigenvalue weighted by molar-refractivity contribution is 14.1. The fourth-order valence-corrected chi connectivity index (χ4v) is 2.46. The minimum Gasteiger partial charge on any atom is -0.240 e. The number of aryl methyl sites for hydroxylation is 1. The van der Waals surface area contributed by atoms with Gasteiger partial charge in [-0.25, -0.2) is 9.78 Å². The van der Waals surface area contributed by atoms with Crippen LogP contribution in [0, 0.1) is 10.5 Å². The Morgan fingerprint density at radius 3 is 2.82 bits per heavy atom. The summed E-state index contributed by atoms with van der Waals surface area (Å²) in [6, 6.07) is 2.11. The van der Waals surface area contributed by atoms with Gasteiger partial charge in [0.2, 0.25) is 0 Å². The van der Waals surface area contributed by atoms with E-state index in [1.54, 1.807) is 11.3 Å². The van der Waals surface area contributed by atoms with Gasteiger partial charge < -0.3 is 0 Å². The normalized spacial score (nSPS) is 10.5. The molecular formula is C7H9IO2S. The van der Waals surface area contributed by atoms with E-state index in [0.29, 0.717) is 6.61 Å². The van der Waals surface area contributed by atoms with Gasteiger partial charge in [0.05, 0.1) is 7.11 Å². The first-order valence-corrected chi connectivity index (χ1v) is 5.04. The third-order valence-electron chi connectivity index (χ3n) is 1.23. The molecule has 0 aromatic carbocycles. The molecule has 0 saturated carbocycles. The summed E-state index contributed by atoms with van der Waals surface area (Å²) in [6.07, 6.45) is 0. The molecule has 0 bridgehead atoms. The molecular weight excluding hydrogens is 275 g/mol. The molecule has 4 heteroatoms. The Labute approximate surface area is 83.6 Å². The Balaban J connectivity index is 2.58. The Morgan fingerprint density at radius 2 is 2.36 bits per heavy atom. The van der Waals surface area contributed by atoms with Crippen LogP contribution in [0.25, 0.3) is 0 Å². The summed E-state index contributed by atoms with van der Waals surface area (Å²) >= 11 is 4.05. The van der Waals surface area contributed by atoms with E-state index in [9.17, 15) is 0 Å². The van der Waals surface area contributed by atoms with Gasteiger partial charge in [-0.2, -0.15) is 0 Å². The van der Waals surface area contributed by atoms with Crippen LogP contribution in [-0.2, 0) is 16.4 Å². The van der Waals surface area contributed by atoms with Gasteiger partial charge in [-0.1, -0.05) is 0 Å². The van der Waals surface area contributed by atoms with Gasteiger partial charge in [-0.3, -0.25) is 0 Å². The van der Waals surface area contributed by atoms with E-state index in [-0.39, 0.29) is 0 Å². The molecule has 0 spiro atoms. The lowest BCUT2D eigenvalue weighted by Crippen LogP contribution is -1.86. The van der Waals surface area contributed by atoms with Crippen molar-refractivity contribution in [2.24, 2.45) is 0 Å². The lowest BCUT2D eigenvalue weighted by molar-refractivity contribution is -0.281. The van der Waals surface area contributed by atoms with Crippen molar-refractivity contribution in [3.8, 4) is 0 Å². The minimum atomic E-state index is 0.547. The first kappa shape index (κ1) is 9.44. The molecule has 0 unspecified atom stereocenters. The maximum Gasteiger partial charge on any atom is 0.116 e. The molecule has 1 aromatic heterocycles. The lowest BCUT2D eigenvalue weighted by atomic mass is 10.4. The average molecular weight is 284 g/mol. The van der Waals surface area contributed by atoms with Crippen molar-refractivity contribution in [3.05, 3.63) is 19.4 Å². The smallest absolute Gasteiger partial charge is 0.116 e. The molecule has 0 aliphatic rings. The molecule has 0 atom stereocenters. The maximum absolute atomic E-state index is 4.79. The molecule has 0 N–H and O–H groups in total. The summed E-state index contributed by atoms with van der Waals surface area (Å²) in [7, 11) is 1.52. The predicted molar refractivity (Wildman–Crippen MR) is 53.6 cm³/mol. The van der Waals surface area contributed by atoms with Crippen LogP contribution in [0.4, 0.5) is 0 Å². The van der Waals surface area contributed by atoms with Crippen molar-refractivity contribution >= 4 is 33.9 Å². The van der Waals surface area contributed by atoms with Gasteiger partial charge in [0.1, 0.15) is 6.61 Å². The van der Waals surface area contributed by atoms with Crippen LogP contribution >= 0.6 is 33.9 Å². The molecule has 1 aromatic rings. The Kier molecular flexibility index (Phi) is 3.77. The second-order valence-electron chi connectivity index (χ2n) is 2.05. The number of rotatable bonds is 3. The monoisotopic (exact) mass is 284 g/mol. The van der Waals surface area contributed by atoms with Crippen LogP contribution in [0.2, 0.25) is 0 Å². The zero-order valence-electron chi connectivity index (χ0n) is 6.39.